The summed E-state index contributed by atoms with van der Waals surface area (Å²) in [6.07, 6.45) is 3.40. The molecule has 7 nitrogen and oxygen atoms in total. The monoisotopic (exact) mass is 567 g/mol. The van der Waals surface area contributed by atoms with Crippen molar-refractivity contribution in [2.45, 2.75) is 20.0 Å². The van der Waals surface area contributed by atoms with Gasteiger partial charge in [0.2, 0.25) is 0 Å². The first-order valence-corrected chi connectivity index (χ1v) is 14.5. The lowest BCUT2D eigenvalue weighted by atomic mass is 10.1. The van der Waals surface area contributed by atoms with Gasteiger partial charge in [0.15, 0.2) is 0 Å². The molecule has 0 aliphatic carbocycles. The summed E-state index contributed by atoms with van der Waals surface area (Å²) in [5.74, 6) is 0.422. The second-order valence-electron chi connectivity index (χ2n) is 10.1. The lowest BCUT2D eigenvalue weighted by Gasteiger charge is -2.36. The fraction of sp³-hybridized carbons (Fsp3) is 0.226. The van der Waals surface area contributed by atoms with Gasteiger partial charge in [0.25, 0.3) is 11.5 Å². The number of thiocarbonyl (C=S) groups is 1. The number of pyridine rings is 1. The van der Waals surface area contributed by atoms with Gasteiger partial charge in [-0.1, -0.05) is 90.2 Å². The lowest BCUT2D eigenvalue weighted by molar-refractivity contribution is -0.122. The molecule has 1 amide bonds. The topological polar surface area (TPSA) is 61.2 Å². The summed E-state index contributed by atoms with van der Waals surface area (Å²) in [7, 11) is 0. The van der Waals surface area contributed by atoms with Crippen molar-refractivity contribution in [2.75, 3.05) is 31.1 Å². The maximum absolute atomic E-state index is 13.8. The Morgan fingerprint density at radius 3 is 2.33 bits per heavy atom. The predicted molar refractivity (Wildman–Crippen MR) is 165 cm³/mol. The summed E-state index contributed by atoms with van der Waals surface area (Å²) in [5, 5.41) is 0. The molecule has 2 aromatic heterocycles. The number of carbonyl (C=O) groups excluding carboxylic acids is 1. The van der Waals surface area contributed by atoms with Crippen molar-refractivity contribution < 1.29 is 4.79 Å². The van der Waals surface area contributed by atoms with E-state index in [1.54, 1.807) is 17.2 Å². The van der Waals surface area contributed by atoms with Crippen LogP contribution in [0, 0.1) is 6.92 Å². The van der Waals surface area contributed by atoms with E-state index < -0.39 is 0 Å². The summed E-state index contributed by atoms with van der Waals surface area (Å²) in [6.45, 7) is 6.48. The number of carbonyl (C=O) groups is 1. The van der Waals surface area contributed by atoms with E-state index >= 15 is 0 Å². The average Bonchev–Trinajstić information content (AvgIpc) is 3.24. The number of fused-ring (bicyclic) bond motifs is 1. The van der Waals surface area contributed by atoms with Crippen LogP contribution in [0.15, 0.2) is 88.7 Å². The van der Waals surface area contributed by atoms with Gasteiger partial charge >= 0.3 is 0 Å². The van der Waals surface area contributed by atoms with Crippen LogP contribution < -0.4 is 10.5 Å². The number of hydrogen-bond acceptors (Lipinski definition) is 7. The molecule has 2 aliphatic heterocycles. The molecular weight excluding hydrogens is 539 g/mol. The van der Waals surface area contributed by atoms with E-state index in [1.807, 2.05) is 55.5 Å². The number of hydrogen-bond donors (Lipinski definition) is 0. The minimum absolute atomic E-state index is 0.188. The van der Waals surface area contributed by atoms with Crippen LogP contribution in [0.5, 0.6) is 0 Å². The number of anilines is 1. The maximum Gasteiger partial charge on any atom is 0.267 e. The van der Waals surface area contributed by atoms with Crippen molar-refractivity contribution in [3.05, 3.63) is 117 Å². The summed E-state index contributed by atoms with van der Waals surface area (Å²) in [4.78, 5) is 38.7. The molecule has 2 fully saturated rings. The van der Waals surface area contributed by atoms with Gasteiger partial charge in [-0.05, 0) is 36.3 Å². The average molecular weight is 568 g/mol. The number of rotatable bonds is 6. The number of nitrogens with zero attached hydrogens (tertiary/aromatic N) is 5. The van der Waals surface area contributed by atoms with Gasteiger partial charge in [-0.15, -0.1) is 0 Å². The highest BCUT2D eigenvalue weighted by atomic mass is 32.2. The van der Waals surface area contributed by atoms with Gasteiger partial charge in [-0.2, -0.15) is 0 Å². The van der Waals surface area contributed by atoms with Gasteiger partial charge < -0.3 is 4.90 Å². The normalized spacial score (nSPS) is 17.4. The molecular formula is C31H29N5O2S2. The summed E-state index contributed by atoms with van der Waals surface area (Å²) < 4.78 is 2.02. The molecule has 4 aromatic rings. The molecule has 2 aliphatic rings. The number of aryl methyl sites for hydroxylation is 1. The molecule has 2 saturated heterocycles. The first-order chi connectivity index (χ1) is 19.5. The number of piperazine rings is 1. The second kappa shape index (κ2) is 11.4. The molecule has 4 heterocycles. The smallest absolute Gasteiger partial charge is 0.267 e. The minimum Gasteiger partial charge on any atom is -0.353 e. The zero-order chi connectivity index (χ0) is 27.6. The highest BCUT2D eigenvalue weighted by molar-refractivity contribution is 8.26. The number of aromatic nitrogens is 2. The molecule has 0 radical (unpaired) electrons. The van der Waals surface area contributed by atoms with Crippen LogP contribution >= 0.6 is 24.0 Å². The molecule has 40 heavy (non-hydrogen) atoms. The first kappa shape index (κ1) is 26.4. The van der Waals surface area contributed by atoms with Gasteiger partial charge in [0.1, 0.15) is 15.8 Å². The Morgan fingerprint density at radius 2 is 1.57 bits per heavy atom. The quantitative estimate of drug-likeness (QED) is 0.247. The predicted octanol–water partition coefficient (Wildman–Crippen LogP) is 4.73. The van der Waals surface area contributed by atoms with Crippen LogP contribution in [-0.2, 0) is 17.9 Å². The third kappa shape index (κ3) is 5.45. The molecule has 0 N–H and O–H groups in total. The third-order valence-electron chi connectivity index (χ3n) is 7.28. The van der Waals surface area contributed by atoms with Gasteiger partial charge in [0, 0.05) is 38.9 Å². The molecule has 2 aromatic carbocycles. The van der Waals surface area contributed by atoms with Crippen LogP contribution in [0.2, 0.25) is 0 Å². The Morgan fingerprint density at radius 1 is 0.875 bits per heavy atom. The van der Waals surface area contributed by atoms with E-state index in [4.69, 9.17) is 17.2 Å². The standard InChI is InChI=1S/C31H29N5O2S2/c1-22-10-12-24(13-11-22)21-36-30(38)26(40-31(36)39)19-25-28(32-27-9-5-6-14-35(27)29(25)37)34-17-15-33(16-18-34)20-23-7-3-2-4-8-23/h2-14,19H,15-18,20-21H2,1H3/b26-19+. The minimum atomic E-state index is -0.198. The lowest BCUT2D eigenvalue weighted by Crippen LogP contribution is -2.47. The van der Waals surface area contributed by atoms with E-state index in [0.717, 1.165) is 43.9 Å². The van der Waals surface area contributed by atoms with Crippen LogP contribution in [0.3, 0.4) is 0 Å². The number of amides is 1. The van der Waals surface area contributed by atoms with Crippen molar-refractivity contribution in [1.29, 1.82) is 0 Å². The van der Waals surface area contributed by atoms with E-state index in [2.05, 4.69) is 34.1 Å². The van der Waals surface area contributed by atoms with E-state index in [9.17, 15) is 9.59 Å². The molecule has 0 unspecified atom stereocenters. The molecule has 202 valence electrons. The summed E-state index contributed by atoms with van der Waals surface area (Å²) >= 11 is 6.82. The van der Waals surface area contributed by atoms with E-state index in [-0.39, 0.29) is 11.5 Å². The zero-order valence-corrected chi connectivity index (χ0v) is 23.8. The molecule has 0 saturated carbocycles. The first-order valence-electron chi connectivity index (χ1n) is 13.3. The largest absolute Gasteiger partial charge is 0.353 e. The fourth-order valence-corrected chi connectivity index (χ4v) is 6.30. The number of thioether (sulfide) groups is 1. The van der Waals surface area contributed by atoms with Gasteiger partial charge in [0.05, 0.1) is 17.0 Å². The zero-order valence-electron chi connectivity index (χ0n) is 22.2. The number of benzene rings is 2. The highest BCUT2D eigenvalue weighted by Gasteiger charge is 2.33. The SMILES string of the molecule is Cc1ccc(CN2C(=O)/C(=C\c3c(N4CCN(Cc5ccccc5)CC4)nc4ccccn4c3=O)SC2=S)cc1. The Balaban J connectivity index is 1.29. The molecule has 9 heteroatoms. The van der Waals surface area contributed by atoms with Crippen LogP contribution in [-0.4, -0.2) is 55.6 Å². The molecule has 0 spiro atoms. The summed E-state index contributed by atoms with van der Waals surface area (Å²) in [6, 6.07) is 24.0. The van der Waals surface area contributed by atoms with Gasteiger partial charge in [-0.3, -0.25) is 23.8 Å². The maximum atomic E-state index is 13.8. The third-order valence-corrected chi connectivity index (χ3v) is 8.66. The van der Waals surface area contributed by atoms with Crippen molar-refractivity contribution >= 4 is 51.7 Å². The van der Waals surface area contributed by atoms with Crippen molar-refractivity contribution in [2.24, 2.45) is 0 Å². The van der Waals surface area contributed by atoms with Crippen LogP contribution in [0.1, 0.15) is 22.3 Å². The Bertz CT molecular complexity index is 1660. The Kier molecular flexibility index (Phi) is 7.51. The highest BCUT2D eigenvalue weighted by Crippen LogP contribution is 2.34. The second-order valence-corrected chi connectivity index (χ2v) is 11.8. The summed E-state index contributed by atoms with van der Waals surface area (Å²) in [5.41, 5.74) is 4.24. The Hall–Kier alpha value is -3.79. The van der Waals surface area contributed by atoms with Crippen molar-refractivity contribution in [1.82, 2.24) is 19.2 Å². The van der Waals surface area contributed by atoms with Crippen LogP contribution in [0.4, 0.5) is 5.82 Å². The Labute approximate surface area is 242 Å². The van der Waals surface area contributed by atoms with Crippen molar-refractivity contribution in [3.63, 3.8) is 0 Å². The molecule has 0 bridgehead atoms. The van der Waals surface area contributed by atoms with E-state index in [1.165, 1.54) is 21.7 Å². The van der Waals surface area contributed by atoms with Crippen molar-refractivity contribution in [3.8, 4) is 0 Å². The van der Waals surface area contributed by atoms with Gasteiger partial charge in [-0.25, -0.2) is 4.98 Å². The van der Waals surface area contributed by atoms with E-state index in [0.29, 0.717) is 32.8 Å². The molecule has 6 rings (SSSR count). The fourth-order valence-electron chi connectivity index (χ4n) is 5.06. The van der Waals surface area contributed by atoms with Crippen LogP contribution in [0.25, 0.3) is 11.7 Å². The molecule has 0 atom stereocenters.